The Morgan fingerprint density at radius 2 is 1.78 bits per heavy atom. The molecule has 1 aromatic heterocycles. The lowest BCUT2D eigenvalue weighted by Gasteiger charge is -2.07. The third-order valence-electron chi connectivity index (χ3n) is 2.50. The van der Waals surface area contributed by atoms with Gasteiger partial charge >= 0.3 is 6.18 Å². The zero-order valence-electron chi connectivity index (χ0n) is 9.82. The van der Waals surface area contributed by atoms with Gasteiger partial charge in [0, 0.05) is 11.8 Å². The van der Waals surface area contributed by atoms with Gasteiger partial charge in [0.05, 0.1) is 11.3 Å². The van der Waals surface area contributed by atoms with Crippen LogP contribution in [0.5, 0.6) is 0 Å². The Morgan fingerprint density at radius 1 is 1.17 bits per heavy atom. The van der Waals surface area contributed by atoms with Gasteiger partial charge in [-0.3, -0.25) is 0 Å². The molecule has 0 aliphatic rings. The molecule has 96 valence electrons. The maximum Gasteiger partial charge on any atom is 0.416 e. The van der Waals surface area contributed by atoms with Crippen LogP contribution in [0.1, 0.15) is 11.1 Å². The molecule has 0 unspecified atom stereocenters. The fourth-order valence-corrected chi connectivity index (χ4v) is 2.13. The summed E-state index contributed by atoms with van der Waals surface area (Å²) < 4.78 is 38.8. The summed E-state index contributed by atoms with van der Waals surface area (Å²) in [7, 11) is 0. The molecule has 2 rings (SSSR count). The van der Waals surface area contributed by atoms with E-state index in [1.54, 1.807) is 10.9 Å². The van der Waals surface area contributed by atoms with E-state index in [1.807, 2.05) is 13.2 Å². The van der Waals surface area contributed by atoms with Crippen molar-refractivity contribution in [3.63, 3.8) is 0 Å². The summed E-state index contributed by atoms with van der Waals surface area (Å²) in [4.78, 5) is 0. The monoisotopic (exact) mass is 272 g/mol. The first-order valence-corrected chi connectivity index (χ1v) is 6.42. The summed E-state index contributed by atoms with van der Waals surface area (Å²) in [5.41, 5.74) is 0.967. The maximum absolute atomic E-state index is 12.4. The highest BCUT2D eigenvalue weighted by Crippen LogP contribution is 2.29. The zero-order valence-corrected chi connectivity index (χ0v) is 10.6. The number of hydrogen-bond acceptors (Lipinski definition) is 2. The standard InChI is InChI=1S/C12H11F3N2S/c1-8-7-17(16-11(8)18-2)10-5-3-9(4-6-10)12(13,14)15/h3-7H,1-2H3. The van der Waals surface area contributed by atoms with Crippen molar-refractivity contribution in [2.75, 3.05) is 6.26 Å². The molecule has 0 saturated carbocycles. The van der Waals surface area contributed by atoms with E-state index in [2.05, 4.69) is 5.10 Å². The summed E-state index contributed by atoms with van der Waals surface area (Å²) in [6.07, 6.45) is -0.593. The minimum absolute atomic E-state index is 0.617. The first-order chi connectivity index (χ1) is 8.41. The lowest BCUT2D eigenvalue weighted by Crippen LogP contribution is -2.05. The van der Waals surface area contributed by atoms with Crippen LogP contribution in [0.15, 0.2) is 35.5 Å². The lowest BCUT2D eigenvalue weighted by molar-refractivity contribution is -0.137. The smallest absolute Gasteiger partial charge is 0.240 e. The Hall–Kier alpha value is -1.43. The van der Waals surface area contributed by atoms with Crippen LogP contribution >= 0.6 is 11.8 Å². The van der Waals surface area contributed by atoms with Gasteiger partial charge in [0.25, 0.3) is 0 Å². The Labute approximate surface area is 107 Å². The summed E-state index contributed by atoms with van der Waals surface area (Å²) in [6.45, 7) is 1.92. The second-order valence-corrected chi connectivity index (χ2v) is 4.61. The number of aromatic nitrogens is 2. The van der Waals surface area contributed by atoms with Crippen LogP contribution in [0.25, 0.3) is 5.69 Å². The Bertz CT molecular complexity index is 543. The van der Waals surface area contributed by atoms with Gasteiger partial charge in [0.1, 0.15) is 5.03 Å². The molecule has 0 saturated heterocycles. The number of hydrogen-bond donors (Lipinski definition) is 0. The van der Waals surface area contributed by atoms with Crippen LogP contribution in [-0.2, 0) is 6.18 Å². The molecule has 18 heavy (non-hydrogen) atoms. The highest BCUT2D eigenvalue weighted by molar-refractivity contribution is 7.98. The molecule has 1 aromatic carbocycles. The Balaban J connectivity index is 2.34. The molecule has 1 heterocycles. The molecule has 0 atom stereocenters. The van der Waals surface area contributed by atoms with Crippen LogP contribution in [0.3, 0.4) is 0 Å². The quantitative estimate of drug-likeness (QED) is 0.771. The lowest BCUT2D eigenvalue weighted by atomic mass is 10.2. The van der Waals surface area contributed by atoms with Crippen LogP contribution in [0.4, 0.5) is 13.2 Å². The Kier molecular flexibility index (Phi) is 3.38. The van der Waals surface area contributed by atoms with Crippen molar-refractivity contribution >= 4 is 11.8 Å². The van der Waals surface area contributed by atoms with Crippen LogP contribution in [-0.4, -0.2) is 16.0 Å². The number of halogens is 3. The van der Waals surface area contributed by atoms with Crippen molar-refractivity contribution in [1.82, 2.24) is 9.78 Å². The maximum atomic E-state index is 12.4. The number of rotatable bonds is 2. The molecule has 2 nitrogen and oxygen atoms in total. The third-order valence-corrected chi connectivity index (χ3v) is 3.29. The predicted molar refractivity (Wildman–Crippen MR) is 65.1 cm³/mol. The first-order valence-electron chi connectivity index (χ1n) is 5.19. The van der Waals surface area contributed by atoms with Gasteiger partial charge in [-0.05, 0) is 37.4 Å². The van der Waals surface area contributed by atoms with E-state index in [4.69, 9.17) is 0 Å². The zero-order chi connectivity index (χ0) is 13.3. The van der Waals surface area contributed by atoms with Gasteiger partial charge in [0.2, 0.25) is 0 Å². The number of alkyl halides is 3. The summed E-state index contributed by atoms with van der Waals surface area (Å²) in [6, 6.07) is 4.95. The SMILES string of the molecule is CSc1nn(-c2ccc(C(F)(F)F)cc2)cc1C. The van der Waals surface area contributed by atoms with Crippen LogP contribution < -0.4 is 0 Å². The summed E-state index contributed by atoms with van der Waals surface area (Å²) in [5, 5.41) is 5.16. The van der Waals surface area contributed by atoms with Gasteiger partial charge in [0.15, 0.2) is 0 Å². The van der Waals surface area contributed by atoms with E-state index in [1.165, 1.54) is 23.9 Å². The molecule has 0 radical (unpaired) electrons. The van der Waals surface area contributed by atoms with Crippen LogP contribution in [0, 0.1) is 6.92 Å². The second kappa shape index (κ2) is 4.68. The number of nitrogens with zero attached hydrogens (tertiary/aromatic N) is 2. The largest absolute Gasteiger partial charge is 0.416 e. The molecule has 0 bridgehead atoms. The van der Waals surface area contributed by atoms with Crippen molar-refractivity contribution in [2.45, 2.75) is 18.1 Å². The van der Waals surface area contributed by atoms with E-state index < -0.39 is 11.7 Å². The van der Waals surface area contributed by atoms with Gasteiger partial charge in [-0.1, -0.05) is 0 Å². The molecular formula is C12H11F3N2S. The van der Waals surface area contributed by atoms with Crippen molar-refractivity contribution in [3.05, 3.63) is 41.6 Å². The molecule has 0 fully saturated rings. The van der Waals surface area contributed by atoms with E-state index in [-0.39, 0.29) is 0 Å². The molecular weight excluding hydrogens is 261 g/mol. The molecule has 0 aliphatic carbocycles. The van der Waals surface area contributed by atoms with Crippen molar-refractivity contribution in [2.24, 2.45) is 0 Å². The average Bonchev–Trinajstić information content (AvgIpc) is 2.69. The number of thioether (sulfide) groups is 1. The molecule has 6 heteroatoms. The molecule has 0 spiro atoms. The van der Waals surface area contributed by atoms with Crippen molar-refractivity contribution < 1.29 is 13.2 Å². The highest BCUT2D eigenvalue weighted by Gasteiger charge is 2.30. The van der Waals surface area contributed by atoms with E-state index in [9.17, 15) is 13.2 Å². The second-order valence-electron chi connectivity index (χ2n) is 3.81. The normalized spacial score (nSPS) is 11.8. The summed E-state index contributed by atoms with van der Waals surface area (Å²) in [5.74, 6) is 0. The Morgan fingerprint density at radius 3 is 2.22 bits per heavy atom. The average molecular weight is 272 g/mol. The van der Waals surface area contributed by atoms with E-state index in [0.717, 1.165) is 22.7 Å². The fourth-order valence-electron chi connectivity index (χ4n) is 1.58. The topological polar surface area (TPSA) is 17.8 Å². The van der Waals surface area contributed by atoms with E-state index >= 15 is 0 Å². The number of aryl methyl sites for hydroxylation is 1. The first kappa shape index (κ1) is 13.0. The predicted octanol–water partition coefficient (Wildman–Crippen LogP) is 3.92. The van der Waals surface area contributed by atoms with Gasteiger partial charge in [-0.25, -0.2) is 4.68 Å². The van der Waals surface area contributed by atoms with Gasteiger partial charge in [-0.2, -0.15) is 18.3 Å². The molecule has 0 amide bonds. The molecule has 2 aromatic rings. The minimum atomic E-state index is -4.30. The van der Waals surface area contributed by atoms with Gasteiger partial charge < -0.3 is 0 Å². The summed E-state index contributed by atoms with van der Waals surface area (Å²) >= 11 is 1.51. The van der Waals surface area contributed by atoms with Crippen molar-refractivity contribution in [3.8, 4) is 5.69 Å². The third kappa shape index (κ3) is 2.53. The van der Waals surface area contributed by atoms with Crippen LogP contribution in [0.2, 0.25) is 0 Å². The van der Waals surface area contributed by atoms with E-state index in [0.29, 0.717) is 5.69 Å². The minimum Gasteiger partial charge on any atom is -0.240 e. The number of benzene rings is 1. The van der Waals surface area contributed by atoms with Gasteiger partial charge in [-0.15, -0.1) is 11.8 Å². The molecule has 0 aliphatic heterocycles. The highest BCUT2D eigenvalue weighted by atomic mass is 32.2. The molecule has 0 N–H and O–H groups in total. The van der Waals surface area contributed by atoms with Crippen molar-refractivity contribution in [1.29, 1.82) is 0 Å². The fraction of sp³-hybridized carbons (Fsp3) is 0.250.